The molecule has 1 heterocycles. The predicted octanol–water partition coefficient (Wildman–Crippen LogP) is 6.69. The summed E-state index contributed by atoms with van der Waals surface area (Å²) in [5.41, 5.74) is 2.99. The third-order valence-corrected chi connectivity index (χ3v) is 6.55. The van der Waals surface area contributed by atoms with Crippen molar-refractivity contribution in [2.45, 2.75) is 38.4 Å². The summed E-state index contributed by atoms with van der Waals surface area (Å²) in [6.07, 6.45) is 4.43. The van der Waals surface area contributed by atoms with Crippen molar-refractivity contribution in [2.24, 2.45) is 11.8 Å². The van der Waals surface area contributed by atoms with Crippen molar-refractivity contribution in [1.29, 1.82) is 0 Å². The number of alkyl halides is 2. The first-order valence-corrected chi connectivity index (χ1v) is 11.7. The zero-order valence-electron chi connectivity index (χ0n) is 19.1. The van der Waals surface area contributed by atoms with Gasteiger partial charge in [0.15, 0.2) is 6.10 Å². The molecule has 2 aromatic carbocycles. The maximum absolute atomic E-state index is 12.7. The van der Waals surface area contributed by atoms with Crippen LogP contribution in [0.4, 0.5) is 8.78 Å². The maximum atomic E-state index is 12.7. The highest BCUT2D eigenvalue weighted by molar-refractivity contribution is 6.32. The van der Waals surface area contributed by atoms with Gasteiger partial charge in [-0.25, -0.2) is 8.78 Å². The van der Waals surface area contributed by atoms with Crippen LogP contribution in [0.1, 0.15) is 36.8 Å². The summed E-state index contributed by atoms with van der Waals surface area (Å²) in [7, 11) is 0. The van der Waals surface area contributed by atoms with Crippen molar-refractivity contribution < 1.29 is 32.9 Å². The van der Waals surface area contributed by atoms with Crippen molar-refractivity contribution in [3.8, 4) is 17.2 Å². The summed E-state index contributed by atoms with van der Waals surface area (Å²) < 4.78 is 42.3. The Balaban J connectivity index is 0.00000342. The average molecular weight is 529 g/mol. The third kappa shape index (κ3) is 7.01. The second kappa shape index (κ2) is 12.5. The molecule has 0 radical (unpaired) electrons. The molecule has 4 rings (SSSR count). The van der Waals surface area contributed by atoms with Gasteiger partial charge in [0.1, 0.15) is 43.8 Å². The van der Waals surface area contributed by atoms with E-state index in [0.29, 0.717) is 18.3 Å². The van der Waals surface area contributed by atoms with Crippen LogP contribution in [-0.4, -0.2) is 37.1 Å². The minimum absolute atomic E-state index is 0. The van der Waals surface area contributed by atoms with E-state index in [-0.39, 0.29) is 35.7 Å². The summed E-state index contributed by atoms with van der Waals surface area (Å²) in [4.78, 5) is 10.9. The maximum Gasteiger partial charge on any atom is 0.306 e. The van der Waals surface area contributed by atoms with Gasteiger partial charge in [-0.3, -0.25) is 4.79 Å². The fourth-order valence-electron chi connectivity index (χ4n) is 4.17. The van der Waals surface area contributed by atoms with E-state index in [1.54, 1.807) is 18.2 Å². The van der Waals surface area contributed by atoms with Gasteiger partial charge in [-0.1, -0.05) is 17.7 Å². The lowest BCUT2D eigenvalue weighted by Crippen LogP contribution is -2.30. The molecule has 0 atom stereocenters. The molecule has 0 saturated heterocycles. The van der Waals surface area contributed by atoms with E-state index in [2.05, 4.69) is 6.08 Å². The molecule has 0 amide bonds. The number of halogens is 4. The van der Waals surface area contributed by atoms with Gasteiger partial charge in [0.2, 0.25) is 0 Å². The summed E-state index contributed by atoms with van der Waals surface area (Å²) in [6, 6.07) is 10.6. The highest BCUT2D eigenvalue weighted by Crippen LogP contribution is 2.39. The highest BCUT2D eigenvalue weighted by Gasteiger charge is 2.34. The van der Waals surface area contributed by atoms with Crippen molar-refractivity contribution in [2.75, 3.05) is 20.0 Å². The quantitative estimate of drug-likeness (QED) is 0.351. The van der Waals surface area contributed by atoms with Gasteiger partial charge in [0, 0.05) is 11.6 Å². The molecule has 9 heteroatoms. The molecule has 190 valence electrons. The van der Waals surface area contributed by atoms with Crippen LogP contribution in [-0.2, 0) is 11.4 Å². The van der Waals surface area contributed by atoms with Crippen LogP contribution >= 0.6 is 24.0 Å². The molecule has 5 nitrogen and oxygen atoms in total. The number of carbonyl (C=O) groups is 1. The molecule has 1 aliphatic heterocycles. The molecular formula is C26H28Cl2F2O5. The minimum Gasteiger partial charge on any atom is -0.489 e. The van der Waals surface area contributed by atoms with Crippen LogP contribution in [0.25, 0.3) is 6.08 Å². The number of hydrogen-bond donors (Lipinski definition) is 1. The van der Waals surface area contributed by atoms with Gasteiger partial charge in [-0.05, 0) is 73.1 Å². The Morgan fingerprint density at radius 3 is 2.63 bits per heavy atom. The lowest BCUT2D eigenvalue weighted by molar-refractivity contribution is -0.146. The molecular weight excluding hydrogens is 501 g/mol. The fourth-order valence-corrected chi connectivity index (χ4v) is 4.42. The number of ether oxygens (including phenoxy) is 3. The van der Waals surface area contributed by atoms with E-state index in [4.69, 9.17) is 30.9 Å². The van der Waals surface area contributed by atoms with E-state index in [9.17, 15) is 13.6 Å². The molecule has 0 unspecified atom stereocenters. The Bertz CT molecular complexity index is 1050. The summed E-state index contributed by atoms with van der Waals surface area (Å²) in [5.74, 6) is 1.27. The van der Waals surface area contributed by atoms with Crippen LogP contribution in [0, 0.1) is 11.8 Å². The van der Waals surface area contributed by atoms with Gasteiger partial charge in [0.05, 0.1) is 10.9 Å². The Hall–Kier alpha value is -2.51. The first kappa shape index (κ1) is 27.1. The van der Waals surface area contributed by atoms with Gasteiger partial charge in [-0.2, -0.15) is 0 Å². The Labute approximate surface area is 214 Å². The zero-order valence-corrected chi connectivity index (χ0v) is 20.6. The molecule has 35 heavy (non-hydrogen) atoms. The number of fused-ring (bicyclic) bond motifs is 1. The molecule has 1 N–H and O–H groups in total. The Morgan fingerprint density at radius 1 is 1.17 bits per heavy atom. The molecule has 0 spiro atoms. The van der Waals surface area contributed by atoms with Crippen LogP contribution in [0.5, 0.6) is 17.2 Å². The summed E-state index contributed by atoms with van der Waals surface area (Å²) in [5, 5.41) is 9.26. The molecule has 1 fully saturated rings. The summed E-state index contributed by atoms with van der Waals surface area (Å²) >= 11 is 6.18. The van der Waals surface area contributed by atoms with E-state index in [0.717, 1.165) is 42.6 Å². The van der Waals surface area contributed by atoms with Gasteiger partial charge in [0.25, 0.3) is 0 Å². The third-order valence-electron chi connectivity index (χ3n) is 6.26. The minimum atomic E-state index is -1.16. The van der Waals surface area contributed by atoms with Crippen LogP contribution in [0.3, 0.4) is 0 Å². The number of rotatable bonds is 11. The lowest BCUT2D eigenvalue weighted by atomic mass is 9.72. The first-order valence-electron chi connectivity index (χ1n) is 11.3. The number of carboxylic acid groups (broad SMARTS) is 1. The molecule has 2 aromatic rings. The van der Waals surface area contributed by atoms with E-state index >= 15 is 0 Å². The monoisotopic (exact) mass is 528 g/mol. The molecule has 0 bridgehead atoms. The summed E-state index contributed by atoms with van der Waals surface area (Å²) in [6.45, 7) is -1.08. The van der Waals surface area contributed by atoms with Crippen LogP contribution < -0.4 is 14.2 Å². The van der Waals surface area contributed by atoms with Crippen molar-refractivity contribution in [3.05, 3.63) is 58.1 Å². The average Bonchev–Trinajstić information content (AvgIpc) is 2.80. The first-order chi connectivity index (χ1) is 16.4. The zero-order chi connectivity index (χ0) is 24.1. The van der Waals surface area contributed by atoms with E-state index < -0.39 is 25.4 Å². The SMILES string of the molecule is Cl.O=C(O)C1CC(CCC2=Cc3ccc(OCc4ccc(OC(CF)CF)c(Cl)c4)cc3OC2)C1. The normalized spacial score (nSPS) is 18.5. The second-order valence-electron chi connectivity index (χ2n) is 8.80. The van der Waals surface area contributed by atoms with Crippen molar-refractivity contribution >= 4 is 36.1 Å². The largest absolute Gasteiger partial charge is 0.489 e. The number of benzene rings is 2. The number of carboxylic acids is 1. The molecule has 2 aliphatic rings. The van der Waals surface area contributed by atoms with Gasteiger partial charge in [-0.15, -0.1) is 12.4 Å². The number of aliphatic carboxylic acids is 1. The standard InChI is InChI=1S/C26H27ClF2O5.ClH/c27-23-10-18(3-6-24(23)34-22(12-28)13-29)14-32-21-5-4-19-9-17(15-33-25(19)11-21)2-1-16-7-20(8-16)26(30)31;/h3-6,9-11,16,20,22H,1-2,7-8,12-15H2,(H,30,31);1H. The van der Waals surface area contributed by atoms with Gasteiger partial charge >= 0.3 is 5.97 Å². The molecule has 1 aliphatic carbocycles. The van der Waals surface area contributed by atoms with Crippen LogP contribution in [0.15, 0.2) is 42.0 Å². The topological polar surface area (TPSA) is 65.0 Å². The van der Waals surface area contributed by atoms with Crippen LogP contribution in [0.2, 0.25) is 5.02 Å². The van der Waals surface area contributed by atoms with Gasteiger partial charge < -0.3 is 19.3 Å². The highest BCUT2D eigenvalue weighted by atomic mass is 35.5. The van der Waals surface area contributed by atoms with E-state index in [1.807, 2.05) is 18.2 Å². The lowest BCUT2D eigenvalue weighted by Gasteiger charge is -2.32. The van der Waals surface area contributed by atoms with Crippen molar-refractivity contribution in [1.82, 2.24) is 0 Å². The predicted molar refractivity (Wildman–Crippen MR) is 132 cm³/mol. The molecule has 0 aromatic heterocycles. The Kier molecular flexibility index (Phi) is 9.63. The molecule has 1 saturated carbocycles. The van der Waals surface area contributed by atoms with E-state index in [1.165, 1.54) is 5.57 Å². The van der Waals surface area contributed by atoms with Crippen molar-refractivity contribution in [3.63, 3.8) is 0 Å². The number of hydrogen-bond acceptors (Lipinski definition) is 4. The fraction of sp³-hybridized carbons (Fsp3) is 0.423. The smallest absolute Gasteiger partial charge is 0.306 e. The Morgan fingerprint density at radius 2 is 1.94 bits per heavy atom. The second-order valence-corrected chi connectivity index (χ2v) is 9.21.